The number of benzene rings is 12. The van der Waals surface area contributed by atoms with Gasteiger partial charge in [0.1, 0.15) is 12.0 Å². The van der Waals surface area contributed by atoms with E-state index in [4.69, 9.17) is 9.98 Å². The molecule has 4 nitrogen and oxygen atoms in total. The Morgan fingerprint density at radius 2 is 0.971 bits per heavy atom. The number of fused-ring (bicyclic) bond motifs is 14. The van der Waals surface area contributed by atoms with Crippen LogP contribution >= 0.6 is 11.3 Å². The summed E-state index contributed by atoms with van der Waals surface area (Å²) in [5.74, 6) is 1.47. The molecule has 1 N–H and O–H groups in total. The van der Waals surface area contributed by atoms with Crippen molar-refractivity contribution < 1.29 is 0 Å². The quantitative estimate of drug-likeness (QED) is 0.172. The maximum absolute atomic E-state index is 5.58. The van der Waals surface area contributed by atoms with Crippen LogP contribution in [0.3, 0.4) is 0 Å². The van der Waals surface area contributed by atoms with Crippen LogP contribution < -0.4 is 5.32 Å². The molecular formula is C65H40N4S. The highest BCUT2D eigenvalue weighted by molar-refractivity contribution is 7.26. The van der Waals surface area contributed by atoms with Gasteiger partial charge in [-0.2, -0.15) is 0 Å². The number of aliphatic imine (C=N–C) groups is 2. The van der Waals surface area contributed by atoms with Gasteiger partial charge in [-0.25, -0.2) is 9.98 Å². The third-order valence-electron chi connectivity index (χ3n) is 14.6. The van der Waals surface area contributed by atoms with E-state index >= 15 is 0 Å². The summed E-state index contributed by atoms with van der Waals surface area (Å²) >= 11 is 1.86. The Labute approximate surface area is 406 Å². The normalized spacial score (nSPS) is 14.1. The first-order valence-corrected chi connectivity index (χ1v) is 24.7. The number of amidine groups is 2. The van der Waals surface area contributed by atoms with Crippen LogP contribution in [0.5, 0.6) is 0 Å². The van der Waals surface area contributed by atoms with E-state index in [1.807, 2.05) is 11.3 Å². The molecule has 0 aliphatic carbocycles. The Bertz CT molecular complexity index is 4530. The molecule has 14 aromatic rings. The molecule has 2 aromatic heterocycles. The second-order valence-corrected chi connectivity index (χ2v) is 19.6. The molecule has 0 amide bonds. The van der Waals surface area contributed by atoms with Gasteiger partial charge in [-0.15, -0.1) is 11.3 Å². The van der Waals surface area contributed by atoms with Crippen LogP contribution in [0.4, 0.5) is 0 Å². The SMILES string of the molecule is c1ccc(C2N=C(c3ccc(-n4c5ccccc5c5cc6ccccc6cc54)c(-c4cccc5sc6cc7ccccc7cc6c45)c3)N=C(c3cccc4c5ccccc5c5ccccc5c34)N2)cc1. The van der Waals surface area contributed by atoms with Crippen molar-refractivity contribution >= 4 is 119 Å². The lowest BCUT2D eigenvalue weighted by Gasteiger charge is -2.25. The van der Waals surface area contributed by atoms with Crippen molar-refractivity contribution in [1.82, 2.24) is 9.88 Å². The fourth-order valence-corrected chi connectivity index (χ4v) is 12.6. The summed E-state index contributed by atoms with van der Waals surface area (Å²) in [5.41, 5.74) is 8.78. The summed E-state index contributed by atoms with van der Waals surface area (Å²) in [6, 6.07) is 84.1. The lowest BCUT2D eigenvalue weighted by molar-refractivity contribution is 0.674. The Morgan fingerprint density at radius 1 is 0.386 bits per heavy atom. The molecule has 0 radical (unpaired) electrons. The summed E-state index contributed by atoms with van der Waals surface area (Å²) in [5, 5.41) is 21.0. The van der Waals surface area contributed by atoms with Crippen LogP contribution in [-0.2, 0) is 0 Å². The van der Waals surface area contributed by atoms with E-state index in [-0.39, 0.29) is 6.17 Å². The van der Waals surface area contributed by atoms with Gasteiger partial charge in [0.25, 0.3) is 0 Å². The zero-order chi connectivity index (χ0) is 45.9. The van der Waals surface area contributed by atoms with E-state index in [0.29, 0.717) is 5.84 Å². The minimum absolute atomic E-state index is 0.378. The number of thiophene rings is 1. The lowest BCUT2D eigenvalue weighted by atomic mass is 9.91. The van der Waals surface area contributed by atoms with Crippen LogP contribution in [0.2, 0.25) is 0 Å². The number of hydrogen-bond donors (Lipinski definition) is 1. The molecule has 70 heavy (non-hydrogen) atoms. The van der Waals surface area contributed by atoms with Gasteiger partial charge in [0, 0.05) is 53.0 Å². The molecule has 5 heteroatoms. The van der Waals surface area contributed by atoms with Crippen molar-refractivity contribution in [2.75, 3.05) is 0 Å². The molecule has 1 aliphatic rings. The molecule has 0 bridgehead atoms. The van der Waals surface area contributed by atoms with Crippen molar-refractivity contribution in [2.24, 2.45) is 9.98 Å². The van der Waals surface area contributed by atoms with E-state index in [0.717, 1.165) is 39.3 Å². The van der Waals surface area contributed by atoms with Crippen LogP contribution in [0.25, 0.3) is 113 Å². The molecule has 3 heterocycles. The predicted octanol–water partition coefficient (Wildman–Crippen LogP) is 17.1. The van der Waals surface area contributed by atoms with E-state index in [2.05, 4.69) is 240 Å². The van der Waals surface area contributed by atoms with Gasteiger partial charge in [-0.3, -0.25) is 0 Å². The second-order valence-electron chi connectivity index (χ2n) is 18.5. The molecule has 15 rings (SSSR count). The van der Waals surface area contributed by atoms with E-state index in [1.165, 1.54) is 95.9 Å². The first kappa shape index (κ1) is 39.1. The zero-order valence-electron chi connectivity index (χ0n) is 37.8. The Balaban J connectivity index is 1.02. The number of aromatic nitrogens is 1. The standard InChI is InChI=1S/C65H40N4S/c1-2-16-39(17-3-1)63-66-64(68-65(67-63)52-29-14-27-50-47-23-9-8-22-45(47)46-24-10-11-26-49(46)61(50)52)44-32-33-57(69-56-30-13-12-25-48(56)53-34-40-18-4-6-20-42(40)37-58(53)69)54(36-44)51-28-15-31-59-62(51)55-35-41-19-5-7-21-43(41)38-60(55)70-59/h1-38,63H,(H,66,67,68). The van der Waals surface area contributed by atoms with Gasteiger partial charge in [0.2, 0.25) is 0 Å². The maximum atomic E-state index is 5.58. The van der Waals surface area contributed by atoms with E-state index in [9.17, 15) is 0 Å². The molecule has 326 valence electrons. The summed E-state index contributed by atoms with van der Waals surface area (Å²) in [6.45, 7) is 0. The molecule has 12 aromatic carbocycles. The molecule has 0 spiro atoms. The summed E-state index contributed by atoms with van der Waals surface area (Å²) < 4.78 is 5.02. The Kier molecular flexibility index (Phi) is 8.56. The van der Waals surface area contributed by atoms with Gasteiger partial charge in [-0.1, -0.05) is 176 Å². The van der Waals surface area contributed by atoms with Gasteiger partial charge >= 0.3 is 0 Å². The minimum Gasteiger partial charge on any atom is -0.344 e. The fourth-order valence-electron chi connectivity index (χ4n) is 11.4. The highest BCUT2D eigenvalue weighted by atomic mass is 32.1. The average molecular weight is 909 g/mol. The Hall–Kier alpha value is -8.90. The average Bonchev–Trinajstić information content (AvgIpc) is 3.96. The van der Waals surface area contributed by atoms with Crippen LogP contribution in [0, 0.1) is 0 Å². The smallest absolute Gasteiger partial charge is 0.159 e. The van der Waals surface area contributed by atoms with Gasteiger partial charge < -0.3 is 9.88 Å². The topological polar surface area (TPSA) is 41.7 Å². The van der Waals surface area contributed by atoms with Crippen LogP contribution in [0.15, 0.2) is 241 Å². The van der Waals surface area contributed by atoms with Crippen molar-refractivity contribution in [3.8, 4) is 16.8 Å². The number of para-hydroxylation sites is 1. The summed E-state index contributed by atoms with van der Waals surface area (Å²) in [7, 11) is 0. The second kappa shape index (κ2) is 15.3. The van der Waals surface area contributed by atoms with Crippen molar-refractivity contribution in [3.63, 3.8) is 0 Å². The zero-order valence-corrected chi connectivity index (χ0v) is 38.6. The van der Waals surface area contributed by atoms with Gasteiger partial charge in [0.15, 0.2) is 5.84 Å². The van der Waals surface area contributed by atoms with Crippen molar-refractivity contribution in [2.45, 2.75) is 6.17 Å². The largest absolute Gasteiger partial charge is 0.344 e. The first-order valence-electron chi connectivity index (χ1n) is 23.9. The third kappa shape index (κ3) is 5.95. The summed E-state index contributed by atoms with van der Waals surface area (Å²) in [6.07, 6.45) is -0.378. The molecular weight excluding hydrogens is 869 g/mol. The van der Waals surface area contributed by atoms with Gasteiger partial charge in [0.05, 0.1) is 16.7 Å². The molecule has 1 aliphatic heterocycles. The minimum atomic E-state index is -0.378. The van der Waals surface area contributed by atoms with Crippen LogP contribution in [0.1, 0.15) is 22.9 Å². The number of nitrogens with one attached hydrogen (secondary N) is 1. The summed E-state index contributed by atoms with van der Waals surface area (Å²) in [4.78, 5) is 11.1. The molecule has 1 unspecified atom stereocenters. The lowest BCUT2D eigenvalue weighted by Crippen LogP contribution is -2.33. The Morgan fingerprint density at radius 3 is 1.73 bits per heavy atom. The highest BCUT2D eigenvalue weighted by Gasteiger charge is 2.26. The van der Waals surface area contributed by atoms with E-state index < -0.39 is 0 Å². The highest BCUT2D eigenvalue weighted by Crippen LogP contribution is 2.46. The number of nitrogens with zero attached hydrogens (tertiary/aromatic N) is 3. The predicted molar refractivity (Wildman–Crippen MR) is 298 cm³/mol. The molecule has 0 fully saturated rings. The van der Waals surface area contributed by atoms with E-state index in [1.54, 1.807) is 0 Å². The number of hydrogen-bond acceptors (Lipinski definition) is 4. The number of rotatable bonds is 5. The maximum Gasteiger partial charge on any atom is 0.159 e. The van der Waals surface area contributed by atoms with Crippen LogP contribution in [-0.4, -0.2) is 16.2 Å². The monoisotopic (exact) mass is 908 g/mol. The first-order chi connectivity index (χ1) is 34.7. The van der Waals surface area contributed by atoms with Crippen molar-refractivity contribution in [1.29, 1.82) is 0 Å². The van der Waals surface area contributed by atoms with Crippen molar-refractivity contribution in [3.05, 3.63) is 247 Å². The molecule has 0 saturated carbocycles. The molecule has 1 atom stereocenters. The van der Waals surface area contributed by atoms with Gasteiger partial charge in [-0.05, 0) is 114 Å². The third-order valence-corrected chi connectivity index (χ3v) is 15.7. The molecule has 0 saturated heterocycles. The fraction of sp³-hybridized carbons (Fsp3) is 0.0154.